The standard InChI is InChI=1S/C12H10N2.Na/c1(11-3-7-13-8-4-11)2-12-5-9-14-10-6-12;/h1-10H;. The van der Waals surface area contributed by atoms with Crippen LogP contribution in [0.3, 0.4) is 0 Å². The first-order chi connectivity index (χ1) is 6.95. The number of rotatable bonds is 2. The van der Waals surface area contributed by atoms with Crippen molar-refractivity contribution < 1.29 is 0 Å². The topological polar surface area (TPSA) is 25.8 Å². The summed E-state index contributed by atoms with van der Waals surface area (Å²) in [5.74, 6) is 0. The van der Waals surface area contributed by atoms with E-state index in [0.717, 1.165) is 11.1 Å². The molecule has 0 saturated carbocycles. The van der Waals surface area contributed by atoms with Gasteiger partial charge in [-0.15, -0.1) is 0 Å². The maximum Gasteiger partial charge on any atom is 0.0273 e. The van der Waals surface area contributed by atoms with Gasteiger partial charge >= 0.3 is 0 Å². The first-order valence-corrected chi connectivity index (χ1v) is 4.43. The van der Waals surface area contributed by atoms with Crippen molar-refractivity contribution in [3.63, 3.8) is 0 Å². The molecule has 1 radical (unpaired) electrons. The first-order valence-electron chi connectivity index (χ1n) is 4.43. The predicted molar refractivity (Wildman–Crippen MR) is 63.2 cm³/mol. The second-order valence-electron chi connectivity index (χ2n) is 2.89. The molecular formula is C12H10N2Na. The number of hydrogen-bond acceptors (Lipinski definition) is 2. The normalized spacial score (nSPS) is 9.87. The van der Waals surface area contributed by atoms with E-state index in [1.54, 1.807) is 24.8 Å². The van der Waals surface area contributed by atoms with Gasteiger partial charge in [-0.1, -0.05) is 12.2 Å². The zero-order chi connectivity index (χ0) is 9.64. The molecular weight excluding hydrogens is 195 g/mol. The van der Waals surface area contributed by atoms with Crippen LogP contribution >= 0.6 is 0 Å². The third kappa shape index (κ3) is 3.96. The molecule has 0 unspecified atom stereocenters. The van der Waals surface area contributed by atoms with Crippen molar-refractivity contribution in [2.24, 2.45) is 0 Å². The van der Waals surface area contributed by atoms with Gasteiger partial charge in [-0.05, 0) is 35.4 Å². The molecule has 0 N–H and O–H groups in total. The molecule has 0 aliphatic rings. The minimum atomic E-state index is 0. The maximum atomic E-state index is 3.96. The Morgan fingerprint density at radius 2 is 1.00 bits per heavy atom. The van der Waals surface area contributed by atoms with Crippen molar-refractivity contribution in [3.8, 4) is 0 Å². The second-order valence-corrected chi connectivity index (χ2v) is 2.89. The van der Waals surface area contributed by atoms with Gasteiger partial charge < -0.3 is 0 Å². The summed E-state index contributed by atoms with van der Waals surface area (Å²) in [6.07, 6.45) is 11.2. The van der Waals surface area contributed by atoms with Crippen molar-refractivity contribution in [1.82, 2.24) is 9.97 Å². The van der Waals surface area contributed by atoms with Crippen molar-refractivity contribution in [3.05, 3.63) is 60.2 Å². The molecule has 2 rings (SSSR count). The fourth-order valence-corrected chi connectivity index (χ4v) is 1.14. The maximum absolute atomic E-state index is 3.96. The van der Waals surface area contributed by atoms with Crippen LogP contribution < -0.4 is 0 Å². The third-order valence-electron chi connectivity index (χ3n) is 1.88. The van der Waals surface area contributed by atoms with Crippen molar-refractivity contribution in [2.45, 2.75) is 0 Å². The molecule has 15 heavy (non-hydrogen) atoms. The molecule has 3 heteroatoms. The predicted octanol–water partition coefficient (Wildman–Crippen LogP) is 2.27. The number of aromatic nitrogens is 2. The Kier molecular flexibility index (Phi) is 5.26. The Bertz CT molecular complexity index is 371. The number of hydrogen-bond donors (Lipinski definition) is 0. The fraction of sp³-hybridized carbons (Fsp3) is 0. The van der Waals surface area contributed by atoms with Gasteiger partial charge in [0.25, 0.3) is 0 Å². The number of pyridine rings is 2. The van der Waals surface area contributed by atoms with E-state index in [4.69, 9.17) is 0 Å². The molecule has 0 aliphatic heterocycles. The zero-order valence-corrected chi connectivity index (χ0v) is 10.7. The van der Waals surface area contributed by atoms with E-state index in [0.29, 0.717) is 0 Å². The molecule has 2 aromatic rings. The van der Waals surface area contributed by atoms with E-state index in [-0.39, 0.29) is 29.6 Å². The van der Waals surface area contributed by atoms with Gasteiger partial charge in [0, 0.05) is 54.3 Å². The Morgan fingerprint density at radius 1 is 0.667 bits per heavy atom. The average Bonchev–Trinajstić information content (AvgIpc) is 2.29. The van der Waals surface area contributed by atoms with Gasteiger partial charge in [-0.3, -0.25) is 9.97 Å². The van der Waals surface area contributed by atoms with Crippen LogP contribution in [-0.4, -0.2) is 39.5 Å². The fourth-order valence-electron chi connectivity index (χ4n) is 1.14. The smallest absolute Gasteiger partial charge is 0.0273 e. The Hall–Kier alpha value is -0.960. The van der Waals surface area contributed by atoms with Gasteiger partial charge in [0.05, 0.1) is 0 Å². The quantitative estimate of drug-likeness (QED) is 0.703. The summed E-state index contributed by atoms with van der Waals surface area (Å²) in [5.41, 5.74) is 2.30. The summed E-state index contributed by atoms with van der Waals surface area (Å²) >= 11 is 0. The van der Waals surface area contributed by atoms with E-state index in [1.807, 2.05) is 24.3 Å². The molecule has 0 spiro atoms. The van der Waals surface area contributed by atoms with E-state index in [1.165, 1.54) is 0 Å². The molecule has 0 bridgehead atoms. The molecule has 2 nitrogen and oxygen atoms in total. The van der Waals surface area contributed by atoms with Gasteiger partial charge in [0.15, 0.2) is 0 Å². The van der Waals surface area contributed by atoms with Gasteiger partial charge in [0.2, 0.25) is 0 Å². The van der Waals surface area contributed by atoms with Crippen LogP contribution in [0.4, 0.5) is 0 Å². The van der Waals surface area contributed by atoms with Crippen LogP contribution in [0, 0.1) is 0 Å². The van der Waals surface area contributed by atoms with Crippen LogP contribution in [0.2, 0.25) is 0 Å². The van der Waals surface area contributed by atoms with Gasteiger partial charge in [-0.25, -0.2) is 0 Å². The summed E-state index contributed by atoms with van der Waals surface area (Å²) < 4.78 is 0. The van der Waals surface area contributed by atoms with Crippen LogP contribution in [0.15, 0.2) is 49.1 Å². The van der Waals surface area contributed by atoms with E-state index in [9.17, 15) is 0 Å². The molecule has 69 valence electrons. The monoisotopic (exact) mass is 205 g/mol. The van der Waals surface area contributed by atoms with E-state index in [2.05, 4.69) is 22.1 Å². The van der Waals surface area contributed by atoms with Crippen LogP contribution in [-0.2, 0) is 0 Å². The second kappa shape index (κ2) is 6.51. The van der Waals surface area contributed by atoms with E-state index >= 15 is 0 Å². The van der Waals surface area contributed by atoms with Crippen LogP contribution in [0.1, 0.15) is 11.1 Å². The minimum absolute atomic E-state index is 0. The van der Waals surface area contributed by atoms with Gasteiger partial charge in [0.1, 0.15) is 0 Å². The van der Waals surface area contributed by atoms with Crippen molar-refractivity contribution in [2.75, 3.05) is 0 Å². The molecule has 2 aromatic heterocycles. The summed E-state index contributed by atoms with van der Waals surface area (Å²) in [4.78, 5) is 7.91. The summed E-state index contributed by atoms with van der Waals surface area (Å²) in [6, 6.07) is 7.88. The zero-order valence-electron chi connectivity index (χ0n) is 8.67. The molecule has 0 amide bonds. The van der Waals surface area contributed by atoms with Crippen LogP contribution in [0.5, 0.6) is 0 Å². The Morgan fingerprint density at radius 3 is 1.33 bits per heavy atom. The summed E-state index contributed by atoms with van der Waals surface area (Å²) in [5, 5.41) is 0. The van der Waals surface area contributed by atoms with E-state index < -0.39 is 0 Å². The third-order valence-corrected chi connectivity index (χ3v) is 1.88. The summed E-state index contributed by atoms with van der Waals surface area (Å²) in [6.45, 7) is 0. The van der Waals surface area contributed by atoms with Crippen molar-refractivity contribution >= 4 is 41.7 Å². The Balaban J connectivity index is 0.00000112. The summed E-state index contributed by atoms with van der Waals surface area (Å²) in [7, 11) is 0. The largest absolute Gasteiger partial charge is 0.265 e. The minimum Gasteiger partial charge on any atom is -0.265 e. The molecule has 0 aromatic carbocycles. The first kappa shape index (κ1) is 12.1. The van der Waals surface area contributed by atoms with Gasteiger partial charge in [-0.2, -0.15) is 0 Å². The molecule has 0 fully saturated rings. The molecule has 0 aliphatic carbocycles. The molecule has 0 saturated heterocycles. The number of nitrogens with zero attached hydrogens (tertiary/aromatic N) is 2. The van der Waals surface area contributed by atoms with Crippen LogP contribution in [0.25, 0.3) is 12.2 Å². The molecule has 0 atom stereocenters. The molecule has 2 heterocycles. The Labute approximate surface area is 111 Å². The average molecular weight is 205 g/mol. The SMILES string of the molecule is C(=Cc1ccncc1)c1ccncc1.[Na]. The van der Waals surface area contributed by atoms with Crippen molar-refractivity contribution in [1.29, 1.82) is 0 Å².